The monoisotopic (exact) mass is 178 g/mol. The van der Waals surface area contributed by atoms with Gasteiger partial charge in [-0.15, -0.1) is 0 Å². The molecule has 0 aromatic heterocycles. The van der Waals surface area contributed by atoms with Crippen molar-refractivity contribution < 1.29 is 4.74 Å². The van der Waals surface area contributed by atoms with E-state index >= 15 is 0 Å². The first-order valence-corrected chi connectivity index (χ1v) is 5.12. The van der Waals surface area contributed by atoms with Gasteiger partial charge in [0.05, 0.1) is 11.2 Å². The molecule has 0 saturated heterocycles. The normalized spacial score (nSPS) is 28.5. The molecule has 0 aliphatic heterocycles. The first-order valence-electron chi connectivity index (χ1n) is 5.12. The summed E-state index contributed by atoms with van der Waals surface area (Å²) < 4.78 is 6.22. The van der Waals surface area contributed by atoms with Crippen molar-refractivity contribution in [2.75, 3.05) is 0 Å². The van der Waals surface area contributed by atoms with E-state index in [1.54, 1.807) is 0 Å². The maximum atomic E-state index is 6.22. The maximum Gasteiger partial charge on any atom is 0.0730 e. The average Bonchev–Trinajstić information content (AvgIpc) is 2.60. The van der Waals surface area contributed by atoms with Crippen molar-refractivity contribution in [2.24, 2.45) is 0 Å². The lowest BCUT2D eigenvalue weighted by Gasteiger charge is -2.35. The van der Waals surface area contributed by atoms with Crippen molar-refractivity contribution in [3.63, 3.8) is 0 Å². The van der Waals surface area contributed by atoms with E-state index in [4.69, 9.17) is 4.74 Å². The molecule has 0 fully saturated rings. The van der Waals surface area contributed by atoms with Crippen LogP contribution in [-0.4, -0.2) is 11.2 Å². The Morgan fingerprint density at radius 3 is 1.38 bits per heavy atom. The van der Waals surface area contributed by atoms with E-state index in [1.807, 2.05) is 0 Å². The summed E-state index contributed by atoms with van der Waals surface area (Å²) in [6, 6.07) is 0. The van der Waals surface area contributed by atoms with Gasteiger partial charge in [-0.25, -0.2) is 0 Å². The minimum Gasteiger partial charge on any atom is -0.368 e. The van der Waals surface area contributed by atoms with E-state index in [9.17, 15) is 0 Å². The van der Waals surface area contributed by atoms with Gasteiger partial charge in [0, 0.05) is 0 Å². The summed E-state index contributed by atoms with van der Waals surface area (Å²) >= 11 is 0. The van der Waals surface area contributed by atoms with Crippen molar-refractivity contribution in [1.82, 2.24) is 0 Å². The summed E-state index contributed by atoms with van der Waals surface area (Å²) in [5, 5.41) is 0. The molecule has 0 bridgehead atoms. The fraction of sp³-hybridized carbons (Fsp3) is 0.667. The Morgan fingerprint density at radius 2 is 1.08 bits per heavy atom. The van der Waals surface area contributed by atoms with Gasteiger partial charge in [0.2, 0.25) is 0 Å². The smallest absolute Gasteiger partial charge is 0.0730 e. The number of hydrogen-bond acceptors (Lipinski definition) is 1. The quantitative estimate of drug-likeness (QED) is 0.590. The molecule has 0 aromatic rings. The second kappa shape index (κ2) is 2.98. The molecule has 72 valence electrons. The lowest BCUT2D eigenvalue weighted by Crippen LogP contribution is -2.37. The van der Waals surface area contributed by atoms with Gasteiger partial charge in [0.1, 0.15) is 0 Å². The second-order valence-corrected chi connectivity index (χ2v) is 4.76. The first-order chi connectivity index (χ1) is 6.12. The van der Waals surface area contributed by atoms with Crippen LogP contribution in [0.1, 0.15) is 39.5 Å². The van der Waals surface area contributed by atoms with Crippen molar-refractivity contribution in [3.8, 4) is 0 Å². The molecule has 2 rings (SSSR count). The van der Waals surface area contributed by atoms with Crippen molar-refractivity contribution in [1.29, 1.82) is 0 Å². The Kier molecular flexibility index (Phi) is 2.07. The van der Waals surface area contributed by atoms with Crippen molar-refractivity contribution in [3.05, 3.63) is 24.3 Å². The summed E-state index contributed by atoms with van der Waals surface area (Å²) in [4.78, 5) is 0. The summed E-state index contributed by atoms with van der Waals surface area (Å²) in [5.41, 5.74) is 0.140. The Morgan fingerprint density at radius 1 is 0.769 bits per heavy atom. The summed E-state index contributed by atoms with van der Waals surface area (Å²) in [6.07, 6.45) is 13.2. The molecule has 0 atom stereocenters. The molecule has 0 radical (unpaired) electrons. The standard InChI is InChI=1S/C12H18O/c1-11(7-3-4-8-11)13-12(2)9-5-6-10-12/h3-6H,7-10H2,1-2H3. The molecule has 0 heterocycles. The topological polar surface area (TPSA) is 9.23 Å². The van der Waals surface area contributed by atoms with Crippen LogP contribution >= 0.6 is 0 Å². The number of ether oxygens (including phenoxy) is 1. The van der Waals surface area contributed by atoms with Crippen LogP contribution in [0.15, 0.2) is 24.3 Å². The fourth-order valence-corrected chi connectivity index (χ4v) is 2.26. The van der Waals surface area contributed by atoms with Crippen LogP contribution in [0.25, 0.3) is 0 Å². The Bertz CT molecular complexity index is 208. The fourth-order valence-electron chi connectivity index (χ4n) is 2.26. The van der Waals surface area contributed by atoms with Crippen molar-refractivity contribution in [2.45, 2.75) is 50.7 Å². The Balaban J connectivity index is 1.97. The van der Waals surface area contributed by atoms with Gasteiger partial charge in [-0.05, 0) is 39.5 Å². The molecule has 1 heteroatoms. The molecule has 0 unspecified atom stereocenters. The third kappa shape index (κ3) is 1.86. The number of hydrogen-bond donors (Lipinski definition) is 0. The van der Waals surface area contributed by atoms with Crippen LogP contribution in [0.3, 0.4) is 0 Å². The third-order valence-electron chi connectivity index (χ3n) is 3.02. The van der Waals surface area contributed by atoms with E-state index in [-0.39, 0.29) is 11.2 Å². The van der Waals surface area contributed by atoms with Gasteiger partial charge in [0.25, 0.3) is 0 Å². The molecule has 2 aliphatic rings. The molecule has 0 N–H and O–H groups in total. The van der Waals surface area contributed by atoms with E-state index in [0.717, 1.165) is 25.7 Å². The van der Waals surface area contributed by atoms with E-state index in [1.165, 1.54) is 0 Å². The van der Waals surface area contributed by atoms with Crippen LogP contribution in [0.4, 0.5) is 0 Å². The maximum absolute atomic E-state index is 6.22. The number of rotatable bonds is 2. The minimum atomic E-state index is 0.0702. The Labute approximate surface area is 80.5 Å². The molecular weight excluding hydrogens is 160 g/mol. The SMILES string of the molecule is CC1(OC2(C)CC=CC2)CC=CC1. The molecule has 13 heavy (non-hydrogen) atoms. The molecule has 0 aromatic carbocycles. The highest BCUT2D eigenvalue weighted by atomic mass is 16.5. The van der Waals surface area contributed by atoms with Crippen molar-refractivity contribution >= 4 is 0 Å². The van der Waals surface area contributed by atoms with Gasteiger partial charge in [-0.1, -0.05) is 24.3 Å². The zero-order chi connectivity index (χ0) is 9.36. The summed E-state index contributed by atoms with van der Waals surface area (Å²) in [5.74, 6) is 0. The van der Waals surface area contributed by atoms with Crippen LogP contribution in [0.2, 0.25) is 0 Å². The molecule has 0 amide bonds. The van der Waals surface area contributed by atoms with Gasteiger partial charge >= 0.3 is 0 Å². The summed E-state index contributed by atoms with van der Waals surface area (Å²) in [7, 11) is 0. The molecular formula is C12H18O. The predicted molar refractivity (Wildman–Crippen MR) is 54.6 cm³/mol. The molecule has 0 saturated carbocycles. The van der Waals surface area contributed by atoms with Crippen LogP contribution < -0.4 is 0 Å². The van der Waals surface area contributed by atoms with E-state index < -0.39 is 0 Å². The zero-order valence-electron chi connectivity index (χ0n) is 8.55. The molecule has 1 nitrogen and oxygen atoms in total. The van der Waals surface area contributed by atoms with Gasteiger partial charge < -0.3 is 4.74 Å². The molecule has 0 spiro atoms. The molecule has 2 aliphatic carbocycles. The van der Waals surface area contributed by atoms with Gasteiger partial charge in [-0.2, -0.15) is 0 Å². The third-order valence-corrected chi connectivity index (χ3v) is 3.02. The van der Waals surface area contributed by atoms with Gasteiger partial charge in [-0.3, -0.25) is 0 Å². The highest BCUT2D eigenvalue weighted by Crippen LogP contribution is 2.37. The highest BCUT2D eigenvalue weighted by Gasteiger charge is 2.36. The average molecular weight is 178 g/mol. The van der Waals surface area contributed by atoms with Gasteiger partial charge in [0.15, 0.2) is 0 Å². The predicted octanol–water partition coefficient (Wildman–Crippen LogP) is 3.22. The minimum absolute atomic E-state index is 0.0702. The van der Waals surface area contributed by atoms with Crippen LogP contribution in [0.5, 0.6) is 0 Å². The lowest BCUT2D eigenvalue weighted by atomic mass is 9.98. The van der Waals surface area contributed by atoms with Crippen LogP contribution in [0, 0.1) is 0 Å². The van der Waals surface area contributed by atoms with E-state index in [0.29, 0.717) is 0 Å². The lowest BCUT2D eigenvalue weighted by molar-refractivity contribution is -0.127. The Hall–Kier alpha value is -0.560. The van der Waals surface area contributed by atoms with E-state index in [2.05, 4.69) is 38.2 Å². The summed E-state index contributed by atoms with van der Waals surface area (Å²) in [6.45, 7) is 4.44. The zero-order valence-corrected chi connectivity index (χ0v) is 8.55. The second-order valence-electron chi connectivity index (χ2n) is 4.76. The highest BCUT2D eigenvalue weighted by molar-refractivity contribution is 5.08. The van der Waals surface area contributed by atoms with Crippen LogP contribution in [-0.2, 0) is 4.74 Å². The largest absolute Gasteiger partial charge is 0.368 e. The first kappa shape index (κ1) is 9.01.